The molecule has 1 heterocycles. The molecule has 4 heteroatoms. The van der Waals surface area contributed by atoms with Crippen molar-refractivity contribution in [2.75, 3.05) is 26.2 Å². The van der Waals surface area contributed by atoms with Crippen LogP contribution in [0.15, 0.2) is 0 Å². The minimum Gasteiger partial charge on any atom is -0.341 e. The fraction of sp³-hybridized carbons (Fsp3) is 0.867. The molecule has 0 unspecified atom stereocenters. The van der Waals surface area contributed by atoms with Gasteiger partial charge in [-0.1, -0.05) is 27.7 Å². The van der Waals surface area contributed by atoms with Crippen LogP contribution in [0.4, 0.5) is 0 Å². The molecule has 1 aliphatic heterocycles. The Hall–Kier alpha value is -1.06. The Balaban J connectivity index is 2.59. The average molecular weight is 268 g/mol. The molecule has 1 fully saturated rings. The summed E-state index contributed by atoms with van der Waals surface area (Å²) in [5.41, 5.74) is 0. The molecule has 19 heavy (non-hydrogen) atoms. The highest BCUT2D eigenvalue weighted by Gasteiger charge is 2.26. The smallest absolute Gasteiger partial charge is 0.225 e. The van der Waals surface area contributed by atoms with Crippen LogP contribution in [0.25, 0.3) is 0 Å². The molecule has 0 aliphatic carbocycles. The van der Waals surface area contributed by atoms with E-state index in [0.29, 0.717) is 13.1 Å². The number of hydrogen-bond donors (Lipinski definition) is 0. The Morgan fingerprint density at radius 1 is 0.895 bits per heavy atom. The van der Waals surface area contributed by atoms with E-state index in [2.05, 4.69) is 13.8 Å². The van der Waals surface area contributed by atoms with E-state index in [4.69, 9.17) is 0 Å². The van der Waals surface area contributed by atoms with E-state index >= 15 is 0 Å². The Morgan fingerprint density at radius 2 is 1.37 bits per heavy atom. The first-order chi connectivity index (χ1) is 9.01. The van der Waals surface area contributed by atoms with E-state index in [1.165, 1.54) is 0 Å². The van der Waals surface area contributed by atoms with Gasteiger partial charge in [0, 0.05) is 38.0 Å². The third kappa shape index (κ3) is 4.22. The van der Waals surface area contributed by atoms with Gasteiger partial charge in [-0.25, -0.2) is 0 Å². The zero-order chi connectivity index (χ0) is 14.4. The van der Waals surface area contributed by atoms with E-state index in [9.17, 15) is 9.59 Å². The van der Waals surface area contributed by atoms with E-state index < -0.39 is 0 Å². The monoisotopic (exact) mass is 268 g/mol. The van der Waals surface area contributed by atoms with E-state index in [1.807, 2.05) is 23.6 Å². The molecule has 2 amide bonds. The van der Waals surface area contributed by atoms with Gasteiger partial charge < -0.3 is 9.80 Å². The highest BCUT2D eigenvalue weighted by Crippen LogP contribution is 2.15. The van der Waals surface area contributed by atoms with Crippen molar-refractivity contribution in [1.29, 1.82) is 0 Å². The summed E-state index contributed by atoms with van der Waals surface area (Å²) in [4.78, 5) is 28.2. The molecule has 110 valence electrons. The standard InChI is InChI=1S/C15H28N2O2/c1-5-13(6-2)15(19)17-9-7-8-16(10-11-17)14(18)12(3)4/h12-13H,5-11H2,1-4H3. The molecular weight excluding hydrogens is 240 g/mol. The molecule has 0 bridgehead atoms. The first kappa shape index (κ1) is 16.0. The molecule has 0 aromatic rings. The van der Waals surface area contributed by atoms with Crippen LogP contribution in [-0.2, 0) is 9.59 Å². The van der Waals surface area contributed by atoms with Gasteiger partial charge >= 0.3 is 0 Å². The van der Waals surface area contributed by atoms with Crippen molar-refractivity contribution in [3.8, 4) is 0 Å². The van der Waals surface area contributed by atoms with Gasteiger partial charge in [-0.3, -0.25) is 9.59 Å². The number of carbonyl (C=O) groups is 2. The third-order valence-corrected chi connectivity index (χ3v) is 3.95. The van der Waals surface area contributed by atoms with Crippen LogP contribution >= 0.6 is 0 Å². The van der Waals surface area contributed by atoms with Crippen molar-refractivity contribution in [3.63, 3.8) is 0 Å². The molecule has 1 rings (SSSR count). The lowest BCUT2D eigenvalue weighted by atomic mass is 10.0. The zero-order valence-electron chi connectivity index (χ0n) is 12.8. The summed E-state index contributed by atoms with van der Waals surface area (Å²) in [5.74, 6) is 0.661. The van der Waals surface area contributed by atoms with E-state index in [1.54, 1.807) is 0 Å². The summed E-state index contributed by atoms with van der Waals surface area (Å²) in [6.07, 6.45) is 2.70. The summed E-state index contributed by atoms with van der Waals surface area (Å²) in [5, 5.41) is 0. The predicted octanol–water partition coefficient (Wildman–Crippen LogP) is 2.14. The van der Waals surface area contributed by atoms with Gasteiger partial charge in [-0.05, 0) is 19.3 Å². The fourth-order valence-electron chi connectivity index (χ4n) is 2.62. The third-order valence-electron chi connectivity index (χ3n) is 3.95. The first-order valence-corrected chi connectivity index (χ1v) is 7.58. The number of hydrogen-bond acceptors (Lipinski definition) is 2. The Labute approximate surface area is 117 Å². The highest BCUT2D eigenvalue weighted by atomic mass is 16.2. The molecule has 1 aliphatic rings. The highest BCUT2D eigenvalue weighted by molar-refractivity contribution is 5.80. The van der Waals surface area contributed by atoms with Crippen LogP contribution in [0.3, 0.4) is 0 Å². The predicted molar refractivity (Wildman–Crippen MR) is 76.7 cm³/mol. The fourth-order valence-corrected chi connectivity index (χ4v) is 2.62. The molecular formula is C15H28N2O2. The lowest BCUT2D eigenvalue weighted by molar-refractivity contribution is -0.137. The molecule has 0 aromatic heterocycles. The second kappa shape index (κ2) is 7.51. The minimum atomic E-state index is 0.0429. The SMILES string of the molecule is CCC(CC)C(=O)N1CCCN(C(=O)C(C)C)CC1. The molecule has 0 aromatic carbocycles. The second-order valence-corrected chi connectivity index (χ2v) is 5.67. The van der Waals surface area contributed by atoms with Crippen LogP contribution in [0.2, 0.25) is 0 Å². The molecule has 0 radical (unpaired) electrons. The normalized spacial score (nSPS) is 16.9. The van der Waals surface area contributed by atoms with Crippen molar-refractivity contribution in [2.24, 2.45) is 11.8 Å². The largest absolute Gasteiger partial charge is 0.341 e. The molecule has 0 atom stereocenters. The topological polar surface area (TPSA) is 40.6 Å². The van der Waals surface area contributed by atoms with Gasteiger partial charge in [0.2, 0.25) is 11.8 Å². The van der Waals surface area contributed by atoms with Crippen molar-refractivity contribution in [2.45, 2.75) is 47.0 Å². The maximum atomic E-state index is 12.3. The van der Waals surface area contributed by atoms with Crippen molar-refractivity contribution in [3.05, 3.63) is 0 Å². The lowest BCUT2D eigenvalue weighted by Gasteiger charge is -2.26. The lowest BCUT2D eigenvalue weighted by Crippen LogP contribution is -2.40. The number of nitrogens with zero attached hydrogens (tertiary/aromatic N) is 2. The minimum absolute atomic E-state index is 0.0429. The van der Waals surface area contributed by atoms with E-state index in [0.717, 1.165) is 32.4 Å². The summed E-state index contributed by atoms with van der Waals surface area (Å²) < 4.78 is 0. The quantitative estimate of drug-likeness (QED) is 0.784. The van der Waals surface area contributed by atoms with Gasteiger partial charge in [0.05, 0.1) is 0 Å². The Morgan fingerprint density at radius 3 is 1.79 bits per heavy atom. The second-order valence-electron chi connectivity index (χ2n) is 5.67. The van der Waals surface area contributed by atoms with Crippen molar-refractivity contribution < 1.29 is 9.59 Å². The molecule has 4 nitrogen and oxygen atoms in total. The molecule has 0 spiro atoms. The van der Waals surface area contributed by atoms with Crippen LogP contribution in [0.1, 0.15) is 47.0 Å². The zero-order valence-corrected chi connectivity index (χ0v) is 12.8. The van der Waals surface area contributed by atoms with Gasteiger partial charge in [0.1, 0.15) is 0 Å². The summed E-state index contributed by atoms with van der Waals surface area (Å²) in [7, 11) is 0. The summed E-state index contributed by atoms with van der Waals surface area (Å²) in [6.45, 7) is 10.9. The number of amides is 2. The van der Waals surface area contributed by atoms with Gasteiger partial charge in [-0.15, -0.1) is 0 Å². The van der Waals surface area contributed by atoms with Gasteiger partial charge in [0.25, 0.3) is 0 Å². The molecule has 1 saturated heterocycles. The van der Waals surface area contributed by atoms with Gasteiger partial charge in [0.15, 0.2) is 0 Å². The average Bonchev–Trinajstić information content (AvgIpc) is 2.64. The number of carbonyl (C=O) groups excluding carboxylic acids is 2. The summed E-state index contributed by atoms with van der Waals surface area (Å²) in [6, 6.07) is 0. The Bertz CT molecular complexity index is 311. The molecule has 0 N–H and O–H groups in total. The number of rotatable bonds is 4. The Kier molecular flexibility index (Phi) is 6.32. The maximum Gasteiger partial charge on any atom is 0.225 e. The van der Waals surface area contributed by atoms with Crippen LogP contribution in [-0.4, -0.2) is 47.8 Å². The van der Waals surface area contributed by atoms with Crippen molar-refractivity contribution in [1.82, 2.24) is 9.80 Å². The van der Waals surface area contributed by atoms with Crippen LogP contribution in [0, 0.1) is 11.8 Å². The van der Waals surface area contributed by atoms with E-state index in [-0.39, 0.29) is 23.7 Å². The summed E-state index contributed by atoms with van der Waals surface area (Å²) >= 11 is 0. The van der Waals surface area contributed by atoms with Crippen LogP contribution in [0.5, 0.6) is 0 Å². The van der Waals surface area contributed by atoms with Crippen LogP contribution < -0.4 is 0 Å². The first-order valence-electron chi connectivity index (χ1n) is 7.58. The molecule has 0 saturated carbocycles. The van der Waals surface area contributed by atoms with Crippen molar-refractivity contribution >= 4 is 11.8 Å². The van der Waals surface area contributed by atoms with Gasteiger partial charge in [-0.2, -0.15) is 0 Å². The maximum absolute atomic E-state index is 12.3.